The number of piperazine rings is 1. The lowest BCUT2D eigenvalue weighted by atomic mass is 10.0. The Morgan fingerprint density at radius 1 is 1.18 bits per heavy atom. The SMILES string of the molecule is CC(NCCc1cccs1)c1ccccc1N1CCNCC1. The smallest absolute Gasteiger partial charge is 0.0415 e. The summed E-state index contributed by atoms with van der Waals surface area (Å²) in [5, 5.41) is 9.26. The molecule has 0 radical (unpaired) electrons. The monoisotopic (exact) mass is 315 g/mol. The highest BCUT2D eigenvalue weighted by molar-refractivity contribution is 7.09. The van der Waals surface area contributed by atoms with Crippen molar-refractivity contribution in [3.63, 3.8) is 0 Å². The summed E-state index contributed by atoms with van der Waals surface area (Å²) in [5.74, 6) is 0. The van der Waals surface area contributed by atoms with E-state index in [1.165, 1.54) is 16.1 Å². The van der Waals surface area contributed by atoms with Crippen molar-refractivity contribution >= 4 is 17.0 Å². The zero-order valence-electron chi connectivity index (χ0n) is 13.2. The summed E-state index contributed by atoms with van der Waals surface area (Å²) in [4.78, 5) is 3.96. The van der Waals surface area contributed by atoms with E-state index in [1.54, 1.807) is 0 Å². The van der Waals surface area contributed by atoms with Gasteiger partial charge < -0.3 is 15.5 Å². The molecule has 2 aromatic rings. The van der Waals surface area contributed by atoms with Gasteiger partial charge in [-0.3, -0.25) is 0 Å². The maximum atomic E-state index is 3.68. The van der Waals surface area contributed by atoms with E-state index in [2.05, 4.69) is 64.2 Å². The molecule has 0 spiro atoms. The molecule has 1 fully saturated rings. The number of benzene rings is 1. The molecule has 1 atom stereocenters. The number of hydrogen-bond acceptors (Lipinski definition) is 4. The number of nitrogens with one attached hydrogen (secondary N) is 2. The van der Waals surface area contributed by atoms with Crippen LogP contribution in [0.25, 0.3) is 0 Å². The number of thiophene rings is 1. The van der Waals surface area contributed by atoms with Crippen LogP contribution in [0.2, 0.25) is 0 Å². The second-order valence-electron chi connectivity index (χ2n) is 5.80. The maximum absolute atomic E-state index is 3.68. The van der Waals surface area contributed by atoms with E-state index in [1.807, 2.05) is 11.3 Å². The van der Waals surface area contributed by atoms with Crippen LogP contribution in [0.5, 0.6) is 0 Å². The van der Waals surface area contributed by atoms with Gasteiger partial charge in [0.2, 0.25) is 0 Å². The fraction of sp³-hybridized carbons (Fsp3) is 0.444. The van der Waals surface area contributed by atoms with E-state index in [4.69, 9.17) is 0 Å². The molecule has 2 heterocycles. The highest BCUT2D eigenvalue weighted by Crippen LogP contribution is 2.26. The fourth-order valence-corrected chi connectivity index (χ4v) is 3.73. The summed E-state index contributed by atoms with van der Waals surface area (Å²) in [6.07, 6.45) is 1.11. The predicted octanol–water partition coefficient (Wildman–Crippen LogP) is 3.05. The molecule has 4 heteroatoms. The quantitative estimate of drug-likeness (QED) is 0.858. The lowest BCUT2D eigenvalue weighted by Crippen LogP contribution is -2.44. The molecule has 3 nitrogen and oxygen atoms in total. The van der Waals surface area contributed by atoms with E-state index >= 15 is 0 Å². The molecule has 0 aliphatic carbocycles. The standard InChI is InChI=1S/C18H25N3S/c1-15(20-9-8-16-5-4-14-22-16)17-6-2-3-7-18(17)21-12-10-19-11-13-21/h2-7,14-15,19-20H,8-13H2,1H3. The first-order valence-electron chi connectivity index (χ1n) is 8.15. The van der Waals surface area contributed by atoms with Gasteiger partial charge in [-0.2, -0.15) is 0 Å². The molecule has 118 valence electrons. The average Bonchev–Trinajstić information content (AvgIpc) is 3.09. The molecule has 1 aliphatic heterocycles. The molecular formula is C18H25N3S. The normalized spacial score (nSPS) is 16.7. The van der Waals surface area contributed by atoms with Gasteiger partial charge in [0.25, 0.3) is 0 Å². The molecule has 1 saturated heterocycles. The van der Waals surface area contributed by atoms with Crippen LogP contribution in [-0.2, 0) is 6.42 Å². The Morgan fingerprint density at radius 2 is 2.00 bits per heavy atom. The average molecular weight is 315 g/mol. The lowest BCUT2D eigenvalue weighted by molar-refractivity contribution is 0.562. The Balaban J connectivity index is 1.62. The molecular weight excluding hydrogens is 290 g/mol. The molecule has 2 N–H and O–H groups in total. The molecule has 3 rings (SSSR count). The van der Waals surface area contributed by atoms with Gasteiger partial charge in [-0.15, -0.1) is 11.3 Å². The van der Waals surface area contributed by atoms with Crippen LogP contribution in [0.1, 0.15) is 23.4 Å². The first-order chi connectivity index (χ1) is 10.8. The molecule has 0 bridgehead atoms. The molecule has 1 aromatic heterocycles. The predicted molar refractivity (Wildman–Crippen MR) is 96.0 cm³/mol. The van der Waals surface area contributed by atoms with Gasteiger partial charge in [-0.1, -0.05) is 24.3 Å². The topological polar surface area (TPSA) is 27.3 Å². The Morgan fingerprint density at radius 3 is 2.77 bits per heavy atom. The number of hydrogen-bond donors (Lipinski definition) is 2. The summed E-state index contributed by atoms with van der Waals surface area (Å²) in [7, 11) is 0. The van der Waals surface area contributed by atoms with Gasteiger partial charge in [0, 0.05) is 49.3 Å². The number of anilines is 1. The van der Waals surface area contributed by atoms with Crippen LogP contribution in [-0.4, -0.2) is 32.7 Å². The zero-order chi connectivity index (χ0) is 15.2. The molecule has 1 unspecified atom stereocenters. The third-order valence-corrected chi connectivity index (χ3v) is 5.20. The van der Waals surface area contributed by atoms with Crippen LogP contribution in [0, 0.1) is 0 Å². The van der Waals surface area contributed by atoms with E-state index in [0.717, 1.165) is 39.1 Å². The van der Waals surface area contributed by atoms with Gasteiger partial charge in [-0.25, -0.2) is 0 Å². The second-order valence-corrected chi connectivity index (χ2v) is 6.83. The van der Waals surface area contributed by atoms with Crippen molar-refractivity contribution in [2.75, 3.05) is 37.6 Å². The summed E-state index contributed by atoms with van der Waals surface area (Å²) in [6, 6.07) is 13.6. The van der Waals surface area contributed by atoms with Crippen LogP contribution in [0.3, 0.4) is 0 Å². The van der Waals surface area contributed by atoms with Crippen molar-refractivity contribution in [1.82, 2.24) is 10.6 Å². The third kappa shape index (κ3) is 3.88. The van der Waals surface area contributed by atoms with E-state index in [0.29, 0.717) is 6.04 Å². The highest BCUT2D eigenvalue weighted by Gasteiger charge is 2.16. The van der Waals surface area contributed by atoms with Gasteiger partial charge in [0.05, 0.1) is 0 Å². The van der Waals surface area contributed by atoms with Crippen molar-refractivity contribution < 1.29 is 0 Å². The van der Waals surface area contributed by atoms with Crippen LogP contribution < -0.4 is 15.5 Å². The van der Waals surface area contributed by atoms with E-state index in [-0.39, 0.29) is 0 Å². The first-order valence-corrected chi connectivity index (χ1v) is 9.03. The van der Waals surface area contributed by atoms with Crippen molar-refractivity contribution in [1.29, 1.82) is 0 Å². The third-order valence-electron chi connectivity index (χ3n) is 4.26. The van der Waals surface area contributed by atoms with Crippen LogP contribution in [0.15, 0.2) is 41.8 Å². The van der Waals surface area contributed by atoms with Gasteiger partial charge in [0.15, 0.2) is 0 Å². The van der Waals surface area contributed by atoms with E-state index < -0.39 is 0 Å². The summed E-state index contributed by atoms with van der Waals surface area (Å²) in [5.41, 5.74) is 2.80. The minimum atomic E-state index is 0.381. The Kier molecular flexibility index (Phi) is 5.48. The Hall–Kier alpha value is -1.36. The number of para-hydroxylation sites is 1. The molecule has 1 aliphatic rings. The van der Waals surface area contributed by atoms with Crippen molar-refractivity contribution in [2.24, 2.45) is 0 Å². The maximum Gasteiger partial charge on any atom is 0.0415 e. The minimum Gasteiger partial charge on any atom is -0.369 e. The first kappa shape index (κ1) is 15.5. The van der Waals surface area contributed by atoms with Crippen molar-refractivity contribution in [2.45, 2.75) is 19.4 Å². The van der Waals surface area contributed by atoms with Gasteiger partial charge >= 0.3 is 0 Å². The highest BCUT2D eigenvalue weighted by atomic mass is 32.1. The number of nitrogens with zero attached hydrogens (tertiary/aromatic N) is 1. The van der Waals surface area contributed by atoms with Crippen LogP contribution >= 0.6 is 11.3 Å². The summed E-state index contributed by atoms with van der Waals surface area (Å²) >= 11 is 1.84. The minimum absolute atomic E-state index is 0.381. The van der Waals surface area contributed by atoms with Crippen LogP contribution in [0.4, 0.5) is 5.69 Å². The van der Waals surface area contributed by atoms with Gasteiger partial charge in [-0.05, 0) is 36.4 Å². The van der Waals surface area contributed by atoms with Gasteiger partial charge in [0.1, 0.15) is 0 Å². The molecule has 1 aromatic carbocycles. The Labute approximate surface area is 137 Å². The fourth-order valence-electron chi connectivity index (χ4n) is 3.02. The van der Waals surface area contributed by atoms with E-state index in [9.17, 15) is 0 Å². The number of rotatable bonds is 6. The van der Waals surface area contributed by atoms with Crippen molar-refractivity contribution in [3.8, 4) is 0 Å². The molecule has 22 heavy (non-hydrogen) atoms. The summed E-state index contributed by atoms with van der Waals surface area (Å²) in [6.45, 7) is 7.65. The zero-order valence-corrected chi connectivity index (χ0v) is 14.0. The molecule has 0 amide bonds. The second kappa shape index (κ2) is 7.77. The largest absolute Gasteiger partial charge is 0.369 e. The Bertz CT molecular complexity index is 561. The van der Waals surface area contributed by atoms with Crippen molar-refractivity contribution in [3.05, 3.63) is 52.2 Å². The molecule has 0 saturated carbocycles. The summed E-state index contributed by atoms with van der Waals surface area (Å²) < 4.78 is 0. The lowest BCUT2D eigenvalue weighted by Gasteiger charge is -2.32.